The molecule has 0 fully saturated rings. The van der Waals surface area contributed by atoms with Gasteiger partial charge in [-0.3, -0.25) is 37.3 Å². The van der Waals surface area contributed by atoms with Crippen LogP contribution in [0.2, 0.25) is 0 Å². The Kier molecular flexibility index (Phi) is 71.6. The van der Waals surface area contributed by atoms with E-state index in [4.69, 9.17) is 37.0 Å². The maximum Gasteiger partial charge on any atom is 0.472 e. The molecule has 0 saturated carbocycles. The molecular weight excluding hydrogens is 1350 g/mol. The summed E-state index contributed by atoms with van der Waals surface area (Å²) in [4.78, 5) is 72.9. The molecule has 0 radical (unpaired) electrons. The van der Waals surface area contributed by atoms with Crippen LogP contribution in [0.1, 0.15) is 285 Å². The highest BCUT2D eigenvalue weighted by Crippen LogP contribution is 2.45. The Morgan fingerprint density at radius 2 is 0.538 bits per heavy atom. The summed E-state index contributed by atoms with van der Waals surface area (Å²) >= 11 is 0. The van der Waals surface area contributed by atoms with Crippen LogP contribution < -0.4 is 0 Å². The van der Waals surface area contributed by atoms with Crippen molar-refractivity contribution in [1.82, 2.24) is 0 Å². The number of allylic oxidation sites excluding steroid dienone is 27. The Labute approximate surface area is 629 Å². The molecular formula is C85H138O17P2. The average molecular weight is 1490 g/mol. The topological polar surface area (TPSA) is 237 Å². The Balaban J connectivity index is 5.49. The van der Waals surface area contributed by atoms with Crippen molar-refractivity contribution in [2.45, 2.75) is 303 Å². The summed E-state index contributed by atoms with van der Waals surface area (Å²) in [5.74, 6) is -2.40. The fourth-order valence-electron chi connectivity index (χ4n) is 9.80. The van der Waals surface area contributed by atoms with Crippen LogP contribution in [0, 0.1) is 0 Å². The van der Waals surface area contributed by atoms with Crippen molar-refractivity contribution < 1.29 is 80.2 Å². The highest BCUT2D eigenvalue weighted by molar-refractivity contribution is 7.47. The lowest BCUT2D eigenvalue weighted by Gasteiger charge is -2.21. The second kappa shape index (κ2) is 75.6. The van der Waals surface area contributed by atoms with Crippen LogP contribution in [-0.4, -0.2) is 96.7 Å². The smallest absolute Gasteiger partial charge is 0.462 e. The maximum absolute atomic E-state index is 13.1. The van der Waals surface area contributed by atoms with E-state index in [0.29, 0.717) is 25.7 Å². The molecule has 0 aliphatic heterocycles. The minimum Gasteiger partial charge on any atom is -0.462 e. The van der Waals surface area contributed by atoms with E-state index in [-0.39, 0.29) is 25.7 Å². The number of phosphoric ester groups is 2. The van der Waals surface area contributed by atoms with Crippen LogP contribution >= 0.6 is 15.6 Å². The van der Waals surface area contributed by atoms with Gasteiger partial charge in [0, 0.05) is 19.3 Å². The summed E-state index contributed by atoms with van der Waals surface area (Å²) in [7, 11) is -10.0. The zero-order chi connectivity index (χ0) is 76.0. The molecule has 17 nitrogen and oxygen atoms in total. The largest absolute Gasteiger partial charge is 0.472 e. The van der Waals surface area contributed by atoms with E-state index in [1.807, 2.05) is 18.2 Å². The summed E-state index contributed by atoms with van der Waals surface area (Å²) in [5.41, 5.74) is 0. The molecule has 590 valence electrons. The highest BCUT2D eigenvalue weighted by atomic mass is 31.2. The molecule has 5 unspecified atom stereocenters. The number of aliphatic hydroxyl groups is 1. The number of unbranched alkanes of at least 4 members (excludes halogenated alkanes) is 19. The van der Waals surface area contributed by atoms with Gasteiger partial charge in [0.25, 0.3) is 0 Å². The molecule has 0 aromatic carbocycles. The Hall–Kier alpha value is -5.58. The lowest BCUT2D eigenvalue weighted by molar-refractivity contribution is -0.161. The highest BCUT2D eigenvalue weighted by Gasteiger charge is 2.30. The zero-order valence-electron chi connectivity index (χ0n) is 64.4. The number of carbonyl (C=O) groups is 4. The first-order chi connectivity index (χ1) is 50.7. The van der Waals surface area contributed by atoms with Crippen LogP contribution in [0.25, 0.3) is 0 Å². The van der Waals surface area contributed by atoms with Gasteiger partial charge < -0.3 is 33.8 Å². The minimum absolute atomic E-state index is 0.0494. The number of phosphoric acid groups is 2. The molecule has 0 spiro atoms. The molecule has 0 aliphatic rings. The van der Waals surface area contributed by atoms with Crippen molar-refractivity contribution in [2.75, 3.05) is 39.6 Å². The zero-order valence-corrected chi connectivity index (χ0v) is 66.2. The van der Waals surface area contributed by atoms with Crippen molar-refractivity contribution in [2.24, 2.45) is 0 Å². The van der Waals surface area contributed by atoms with Gasteiger partial charge in [-0.05, 0) is 154 Å². The number of carbonyl (C=O) groups excluding carboxylic acids is 4. The molecule has 0 rings (SSSR count). The van der Waals surface area contributed by atoms with E-state index in [2.05, 4.69) is 174 Å². The summed E-state index contributed by atoms with van der Waals surface area (Å²) in [6, 6.07) is 0. The molecule has 0 aliphatic carbocycles. The van der Waals surface area contributed by atoms with Gasteiger partial charge in [-0.2, -0.15) is 0 Å². The predicted octanol–water partition coefficient (Wildman–Crippen LogP) is 23.0. The molecule has 3 N–H and O–H groups in total. The lowest BCUT2D eigenvalue weighted by Crippen LogP contribution is -2.30. The first-order valence-corrected chi connectivity index (χ1v) is 42.4. The van der Waals surface area contributed by atoms with E-state index < -0.39 is 97.5 Å². The molecule has 0 amide bonds. The number of esters is 4. The summed E-state index contributed by atoms with van der Waals surface area (Å²) in [5, 5.41) is 10.6. The third-order valence-corrected chi connectivity index (χ3v) is 17.6. The monoisotopic (exact) mass is 1490 g/mol. The van der Waals surface area contributed by atoms with Crippen molar-refractivity contribution >= 4 is 39.5 Å². The molecule has 0 bridgehead atoms. The standard InChI is InChI=1S/C85H138O17P2/c1-5-9-13-17-21-25-29-33-37-38-39-40-44-46-50-54-58-62-66-70-83(88)96-76-81(102-85(90)72-68-64-60-56-52-48-43-36-32-28-24-20-16-12-8-4)78-100-104(93,94)98-74-79(86)73-97-103(91,92)99-77-80(101-84(89)71-67-63-59-55-51-47-42-35-31-27-23-19-15-11-7-3)75-95-82(87)69-65-61-57-53-49-45-41-34-30-26-22-18-14-10-6-2/h9-11,13-15,21-23,25-27,33-37,39-43,46,49-50,53,61,65,79-81,86H,5-8,12,16-20,24,28-32,38,44-45,47-48,51-52,54-60,62-64,66-78H2,1-4H3,(H,91,92)(H,93,94)/b13-9-,14-10-,15-11-,25-21-,26-22-,27-23-,37-33-,40-39-,41-34-,42-35-,43-36-,50-46-,53-49-,65-61-. The van der Waals surface area contributed by atoms with Gasteiger partial charge >= 0.3 is 39.5 Å². The van der Waals surface area contributed by atoms with Crippen LogP contribution in [0.4, 0.5) is 0 Å². The van der Waals surface area contributed by atoms with Gasteiger partial charge in [0.05, 0.1) is 32.8 Å². The van der Waals surface area contributed by atoms with Crippen LogP contribution in [0.3, 0.4) is 0 Å². The first kappa shape index (κ1) is 98.4. The Bertz CT molecular complexity index is 2640. The van der Waals surface area contributed by atoms with Crippen molar-refractivity contribution in [1.29, 1.82) is 0 Å². The summed E-state index contributed by atoms with van der Waals surface area (Å²) in [6.07, 6.45) is 89.4. The van der Waals surface area contributed by atoms with Crippen molar-refractivity contribution in [3.05, 3.63) is 170 Å². The van der Waals surface area contributed by atoms with Crippen LogP contribution in [0.5, 0.6) is 0 Å². The van der Waals surface area contributed by atoms with Crippen molar-refractivity contribution in [3.63, 3.8) is 0 Å². The van der Waals surface area contributed by atoms with E-state index in [1.165, 1.54) is 38.5 Å². The van der Waals surface area contributed by atoms with Gasteiger partial charge in [0.1, 0.15) is 19.3 Å². The predicted molar refractivity (Wildman–Crippen MR) is 426 cm³/mol. The molecule has 5 atom stereocenters. The Morgan fingerprint density at radius 1 is 0.288 bits per heavy atom. The van der Waals surface area contributed by atoms with Gasteiger partial charge in [0.15, 0.2) is 12.2 Å². The van der Waals surface area contributed by atoms with Gasteiger partial charge in [-0.25, -0.2) is 9.13 Å². The van der Waals surface area contributed by atoms with E-state index in [9.17, 15) is 43.2 Å². The number of hydrogen-bond donors (Lipinski definition) is 3. The van der Waals surface area contributed by atoms with Crippen LogP contribution in [-0.2, 0) is 65.4 Å². The first-order valence-electron chi connectivity index (χ1n) is 39.4. The lowest BCUT2D eigenvalue weighted by atomic mass is 10.1. The second-order valence-electron chi connectivity index (χ2n) is 25.5. The number of rotatable bonds is 72. The number of ether oxygens (including phenoxy) is 4. The van der Waals surface area contributed by atoms with Gasteiger partial charge in [-0.1, -0.05) is 275 Å². The summed E-state index contributed by atoms with van der Waals surface area (Å²) in [6.45, 7) is 4.33. The van der Waals surface area contributed by atoms with Crippen molar-refractivity contribution in [3.8, 4) is 0 Å². The van der Waals surface area contributed by atoms with Crippen LogP contribution in [0.15, 0.2) is 170 Å². The second-order valence-corrected chi connectivity index (χ2v) is 28.4. The molecule has 0 aromatic heterocycles. The van der Waals surface area contributed by atoms with Gasteiger partial charge in [-0.15, -0.1) is 0 Å². The average Bonchev–Trinajstić information content (AvgIpc) is 0.918. The normalized spacial score (nSPS) is 14.8. The molecule has 19 heteroatoms. The third-order valence-electron chi connectivity index (χ3n) is 15.7. The quantitative estimate of drug-likeness (QED) is 0.0169. The molecule has 0 heterocycles. The SMILES string of the molecule is CC/C=C\C/C=C\C/C=C\C/C=C\C/C=C\CCCCCC(=O)OCC(COP(=O)(O)OCC(O)COP(=O)(O)OCC(COC(=O)C/C=C\C/C=C\C/C=C\C/C=C\C/C=C\CC)OC(=O)CCCCCCC/C=C\C/C=C\C/C=C\CC)OC(=O)CCCCCCC/C=C\CCCCCCCC. The number of aliphatic hydroxyl groups excluding tert-OH is 1. The minimum atomic E-state index is -5.01. The van der Waals surface area contributed by atoms with Gasteiger partial charge in [0.2, 0.25) is 0 Å². The summed E-state index contributed by atoms with van der Waals surface area (Å²) < 4.78 is 68.4. The Morgan fingerprint density at radius 3 is 0.875 bits per heavy atom. The molecule has 104 heavy (non-hydrogen) atoms. The van der Waals surface area contributed by atoms with E-state index in [0.717, 1.165) is 167 Å². The fraction of sp³-hybridized carbons (Fsp3) is 0.624. The number of hydrogen-bond acceptors (Lipinski definition) is 15. The fourth-order valence-corrected chi connectivity index (χ4v) is 11.4. The van der Waals surface area contributed by atoms with E-state index in [1.54, 1.807) is 6.08 Å². The molecule has 0 aromatic rings. The molecule has 0 saturated heterocycles. The third kappa shape index (κ3) is 74.7. The maximum atomic E-state index is 13.1. The van der Waals surface area contributed by atoms with E-state index >= 15 is 0 Å².